The number of aromatic amines is 1. The Labute approximate surface area is 149 Å². The first-order valence-electron chi connectivity index (χ1n) is 8.53. The third-order valence-electron chi connectivity index (χ3n) is 4.87. The standard InChI is InChI=1S/C19H19N3O2S/c1-2-11-7-8-15-12(9-11)10-16(25-15)18(23)22-21-17-13-5-3-4-6-14(13)20-19(17)24/h3-6,10-11,20,24H,2,7-9H2,1H3. The topological polar surface area (TPSA) is 77.8 Å². The van der Waals surface area contributed by atoms with Crippen molar-refractivity contribution >= 4 is 33.8 Å². The van der Waals surface area contributed by atoms with Crippen molar-refractivity contribution in [1.82, 2.24) is 4.98 Å². The van der Waals surface area contributed by atoms with Crippen molar-refractivity contribution in [3.05, 3.63) is 45.6 Å². The third kappa shape index (κ3) is 2.98. The van der Waals surface area contributed by atoms with E-state index in [2.05, 4.69) is 22.1 Å². The SMILES string of the molecule is CCC1CCc2sc(C(=O)N=Nc3c(O)[nH]c4ccccc34)cc2C1. The van der Waals surface area contributed by atoms with E-state index in [-0.39, 0.29) is 11.8 Å². The Hall–Kier alpha value is -2.47. The van der Waals surface area contributed by atoms with E-state index in [4.69, 9.17) is 0 Å². The van der Waals surface area contributed by atoms with Gasteiger partial charge in [0.2, 0.25) is 5.88 Å². The van der Waals surface area contributed by atoms with Gasteiger partial charge >= 0.3 is 5.91 Å². The lowest BCUT2D eigenvalue weighted by atomic mass is 9.87. The molecule has 1 unspecified atom stereocenters. The maximum atomic E-state index is 12.4. The predicted molar refractivity (Wildman–Crippen MR) is 98.9 cm³/mol. The van der Waals surface area contributed by atoms with E-state index in [1.807, 2.05) is 30.3 Å². The van der Waals surface area contributed by atoms with E-state index in [9.17, 15) is 9.90 Å². The number of thiophene rings is 1. The van der Waals surface area contributed by atoms with Crippen LogP contribution in [-0.4, -0.2) is 16.0 Å². The van der Waals surface area contributed by atoms with Gasteiger partial charge in [-0.05, 0) is 42.9 Å². The highest BCUT2D eigenvalue weighted by Gasteiger charge is 2.22. The average Bonchev–Trinajstić information content (AvgIpc) is 3.19. The Morgan fingerprint density at radius 2 is 2.24 bits per heavy atom. The fourth-order valence-electron chi connectivity index (χ4n) is 3.41. The van der Waals surface area contributed by atoms with E-state index in [0.29, 0.717) is 10.6 Å². The Bertz CT molecular complexity index is 970. The normalized spacial score (nSPS) is 17.2. The summed E-state index contributed by atoms with van der Waals surface area (Å²) in [6.07, 6.45) is 4.47. The van der Waals surface area contributed by atoms with Crippen molar-refractivity contribution in [2.45, 2.75) is 32.6 Å². The number of para-hydroxylation sites is 1. The van der Waals surface area contributed by atoms with Crippen LogP contribution in [0.4, 0.5) is 5.69 Å². The van der Waals surface area contributed by atoms with Gasteiger partial charge in [-0.25, -0.2) is 0 Å². The molecule has 6 heteroatoms. The second kappa shape index (κ2) is 6.44. The highest BCUT2D eigenvalue weighted by atomic mass is 32.1. The summed E-state index contributed by atoms with van der Waals surface area (Å²) in [5.41, 5.74) is 2.35. The van der Waals surface area contributed by atoms with Gasteiger partial charge in [0.05, 0.1) is 10.4 Å². The van der Waals surface area contributed by atoms with E-state index in [0.717, 1.165) is 29.7 Å². The molecule has 0 spiro atoms. The molecule has 1 amide bonds. The fraction of sp³-hybridized carbons (Fsp3) is 0.316. The van der Waals surface area contributed by atoms with Crippen LogP contribution in [0.1, 0.15) is 39.9 Å². The number of nitrogens with one attached hydrogen (secondary N) is 1. The van der Waals surface area contributed by atoms with Crippen LogP contribution in [0.3, 0.4) is 0 Å². The molecule has 25 heavy (non-hydrogen) atoms. The third-order valence-corrected chi connectivity index (χ3v) is 6.10. The minimum absolute atomic E-state index is 0.0750. The first-order chi connectivity index (χ1) is 12.2. The van der Waals surface area contributed by atoms with Gasteiger partial charge in [0.25, 0.3) is 0 Å². The van der Waals surface area contributed by atoms with Crippen molar-refractivity contribution in [2.24, 2.45) is 16.1 Å². The molecule has 128 valence electrons. The number of rotatable bonds is 3. The lowest BCUT2D eigenvalue weighted by molar-refractivity contribution is 0.0999. The first kappa shape index (κ1) is 16.0. The summed E-state index contributed by atoms with van der Waals surface area (Å²) in [6.45, 7) is 2.22. The van der Waals surface area contributed by atoms with Crippen molar-refractivity contribution in [2.75, 3.05) is 0 Å². The monoisotopic (exact) mass is 353 g/mol. The molecule has 1 atom stereocenters. The zero-order valence-electron chi connectivity index (χ0n) is 14.0. The Morgan fingerprint density at radius 3 is 3.08 bits per heavy atom. The zero-order chi connectivity index (χ0) is 17.4. The van der Waals surface area contributed by atoms with Crippen LogP contribution in [0.15, 0.2) is 40.6 Å². The predicted octanol–water partition coefficient (Wildman–Crippen LogP) is 5.37. The van der Waals surface area contributed by atoms with Crippen LogP contribution in [0.5, 0.6) is 5.88 Å². The van der Waals surface area contributed by atoms with Crippen LogP contribution < -0.4 is 0 Å². The van der Waals surface area contributed by atoms with Crippen molar-refractivity contribution in [1.29, 1.82) is 0 Å². The van der Waals surface area contributed by atoms with Crippen LogP contribution in [-0.2, 0) is 12.8 Å². The largest absolute Gasteiger partial charge is 0.493 e. The fourth-order valence-corrected chi connectivity index (χ4v) is 4.50. The van der Waals surface area contributed by atoms with Crippen molar-refractivity contribution in [3.8, 4) is 5.88 Å². The Balaban J connectivity index is 1.59. The number of carbonyl (C=O) groups is 1. The number of azo groups is 1. The summed E-state index contributed by atoms with van der Waals surface area (Å²) in [5, 5.41) is 18.6. The molecule has 0 fully saturated rings. The molecule has 1 aliphatic rings. The van der Waals surface area contributed by atoms with E-state index in [1.165, 1.54) is 34.6 Å². The second-order valence-corrected chi connectivity index (χ2v) is 7.59. The number of carbonyl (C=O) groups excluding carboxylic acids is 1. The lowest BCUT2D eigenvalue weighted by Crippen LogP contribution is -2.10. The molecule has 5 nitrogen and oxygen atoms in total. The molecule has 2 N–H and O–H groups in total. The van der Waals surface area contributed by atoms with Gasteiger partial charge in [0.15, 0.2) is 5.69 Å². The lowest BCUT2D eigenvalue weighted by Gasteiger charge is -2.19. The smallest absolute Gasteiger partial charge is 0.305 e. The molecular formula is C19H19N3O2S. The Morgan fingerprint density at radius 1 is 1.40 bits per heavy atom. The molecule has 1 aromatic carbocycles. The molecule has 2 aromatic heterocycles. The molecule has 0 saturated heterocycles. The molecule has 0 radical (unpaired) electrons. The van der Waals surface area contributed by atoms with Gasteiger partial charge in [-0.15, -0.1) is 21.6 Å². The molecule has 0 saturated carbocycles. The quantitative estimate of drug-likeness (QED) is 0.621. The molecule has 4 rings (SSSR count). The molecule has 3 aromatic rings. The second-order valence-electron chi connectivity index (χ2n) is 6.45. The molecular weight excluding hydrogens is 334 g/mol. The van der Waals surface area contributed by atoms with Gasteiger partial charge in [-0.1, -0.05) is 31.5 Å². The van der Waals surface area contributed by atoms with Crippen LogP contribution >= 0.6 is 11.3 Å². The summed E-state index contributed by atoms with van der Waals surface area (Å²) in [7, 11) is 0. The highest BCUT2D eigenvalue weighted by molar-refractivity contribution is 7.14. The molecule has 1 aliphatic carbocycles. The summed E-state index contributed by atoms with van der Waals surface area (Å²) in [5.74, 6) is 0.293. The number of aromatic hydroxyl groups is 1. The number of aromatic nitrogens is 1. The number of fused-ring (bicyclic) bond motifs is 2. The maximum absolute atomic E-state index is 12.4. The minimum Gasteiger partial charge on any atom is -0.493 e. The number of hydrogen-bond donors (Lipinski definition) is 2. The number of benzene rings is 1. The zero-order valence-corrected chi connectivity index (χ0v) is 14.8. The van der Waals surface area contributed by atoms with Crippen LogP contribution in [0.25, 0.3) is 10.9 Å². The van der Waals surface area contributed by atoms with Crippen molar-refractivity contribution in [3.63, 3.8) is 0 Å². The number of aryl methyl sites for hydroxylation is 1. The number of amides is 1. The van der Waals surface area contributed by atoms with E-state index < -0.39 is 0 Å². The van der Waals surface area contributed by atoms with Crippen LogP contribution in [0.2, 0.25) is 0 Å². The van der Waals surface area contributed by atoms with E-state index in [1.54, 1.807) is 0 Å². The molecule has 0 aliphatic heterocycles. The molecule has 2 heterocycles. The number of hydrogen-bond acceptors (Lipinski definition) is 4. The molecule has 0 bridgehead atoms. The minimum atomic E-state index is -0.350. The average molecular weight is 353 g/mol. The number of nitrogens with zero attached hydrogens (tertiary/aromatic N) is 2. The maximum Gasteiger partial charge on any atom is 0.305 e. The number of H-pyrrole nitrogens is 1. The first-order valence-corrected chi connectivity index (χ1v) is 9.34. The van der Waals surface area contributed by atoms with Gasteiger partial charge in [-0.2, -0.15) is 0 Å². The van der Waals surface area contributed by atoms with Crippen LogP contribution in [0, 0.1) is 5.92 Å². The summed E-state index contributed by atoms with van der Waals surface area (Å²) in [4.78, 5) is 17.2. The summed E-state index contributed by atoms with van der Waals surface area (Å²) < 4.78 is 0. The van der Waals surface area contributed by atoms with Gasteiger partial charge < -0.3 is 10.1 Å². The van der Waals surface area contributed by atoms with Gasteiger partial charge in [-0.3, -0.25) is 4.79 Å². The van der Waals surface area contributed by atoms with Crippen molar-refractivity contribution < 1.29 is 9.90 Å². The van der Waals surface area contributed by atoms with Gasteiger partial charge in [0, 0.05) is 10.3 Å². The summed E-state index contributed by atoms with van der Waals surface area (Å²) in [6, 6.07) is 9.36. The van der Waals surface area contributed by atoms with Gasteiger partial charge in [0.1, 0.15) is 0 Å². The van der Waals surface area contributed by atoms with E-state index >= 15 is 0 Å². The summed E-state index contributed by atoms with van der Waals surface area (Å²) >= 11 is 1.53. The highest BCUT2D eigenvalue weighted by Crippen LogP contribution is 2.36. The Kier molecular flexibility index (Phi) is 4.13.